The average molecular weight is 298 g/mol. The molecule has 0 spiro atoms. The number of nitrogens with zero attached hydrogens (tertiary/aromatic N) is 1. The molecule has 0 unspecified atom stereocenters. The van der Waals surface area contributed by atoms with Crippen LogP contribution in [0.5, 0.6) is 5.75 Å². The second kappa shape index (κ2) is 6.01. The molecule has 19 heavy (non-hydrogen) atoms. The second-order valence-electron chi connectivity index (χ2n) is 3.79. The minimum absolute atomic E-state index is 0.297. The molecule has 7 heteroatoms. The van der Waals surface area contributed by atoms with Crippen LogP contribution >= 0.6 is 22.9 Å². The number of amides is 1. The molecule has 2 rings (SSSR count). The smallest absolute Gasteiger partial charge is 0.276 e. The van der Waals surface area contributed by atoms with Crippen LogP contribution in [0.3, 0.4) is 0 Å². The van der Waals surface area contributed by atoms with Gasteiger partial charge in [0.2, 0.25) is 0 Å². The van der Waals surface area contributed by atoms with Crippen LogP contribution in [0, 0.1) is 6.92 Å². The first-order valence-corrected chi connectivity index (χ1v) is 6.64. The van der Waals surface area contributed by atoms with Crippen molar-refractivity contribution < 1.29 is 9.53 Å². The summed E-state index contributed by atoms with van der Waals surface area (Å²) < 4.78 is 5.63. The Morgan fingerprint density at radius 1 is 1.58 bits per heavy atom. The topological polar surface area (TPSA) is 77.2 Å². The summed E-state index contributed by atoms with van der Waals surface area (Å²) in [5, 5.41) is 1.37. The SMILES string of the molecule is Cc1cc(Cl)ccc1OCc1ncc(C(=O)NN)s1. The van der Waals surface area contributed by atoms with Gasteiger partial charge in [-0.1, -0.05) is 11.6 Å². The van der Waals surface area contributed by atoms with E-state index in [4.69, 9.17) is 22.2 Å². The minimum atomic E-state index is -0.355. The van der Waals surface area contributed by atoms with E-state index in [9.17, 15) is 4.79 Å². The molecule has 0 saturated carbocycles. The number of rotatable bonds is 4. The molecular formula is C12H12ClN3O2S. The van der Waals surface area contributed by atoms with E-state index < -0.39 is 0 Å². The molecule has 1 heterocycles. The Morgan fingerprint density at radius 3 is 3.05 bits per heavy atom. The number of nitrogens with one attached hydrogen (secondary N) is 1. The molecule has 0 bridgehead atoms. The highest BCUT2D eigenvalue weighted by molar-refractivity contribution is 7.13. The van der Waals surface area contributed by atoms with Crippen molar-refractivity contribution in [3.05, 3.63) is 44.9 Å². The molecule has 0 aliphatic carbocycles. The number of hydrogen-bond donors (Lipinski definition) is 2. The van der Waals surface area contributed by atoms with Crippen molar-refractivity contribution in [2.75, 3.05) is 0 Å². The van der Waals surface area contributed by atoms with Crippen molar-refractivity contribution in [1.29, 1.82) is 0 Å². The van der Waals surface area contributed by atoms with Crippen molar-refractivity contribution in [1.82, 2.24) is 10.4 Å². The van der Waals surface area contributed by atoms with Gasteiger partial charge in [0.15, 0.2) is 0 Å². The number of halogens is 1. The maximum atomic E-state index is 11.3. The Labute approximate surface area is 119 Å². The molecule has 0 atom stereocenters. The second-order valence-corrected chi connectivity index (χ2v) is 5.34. The quantitative estimate of drug-likeness (QED) is 0.516. The third-order valence-electron chi connectivity index (χ3n) is 2.40. The lowest BCUT2D eigenvalue weighted by atomic mass is 10.2. The monoisotopic (exact) mass is 297 g/mol. The summed E-state index contributed by atoms with van der Waals surface area (Å²) in [4.78, 5) is 15.8. The fourth-order valence-electron chi connectivity index (χ4n) is 1.47. The number of hydrogen-bond acceptors (Lipinski definition) is 5. The molecule has 2 aromatic rings. The zero-order valence-corrected chi connectivity index (χ0v) is 11.7. The maximum absolute atomic E-state index is 11.3. The third-order valence-corrected chi connectivity index (χ3v) is 3.60. The largest absolute Gasteiger partial charge is 0.486 e. The Hall–Kier alpha value is -1.63. The van der Waals surface area contributed by atoms with Gasteiger partial charge in [0, 0.05) is 5.02 Å². The molecule has 1 aromatic carbocycles. The van der Waals surface area contributed by atoms with Crippen LogP contribution in [-0.4, -0.2) is 10.9 Å². The molecule has 1 aromatic heterocycles. The van der Waals surface area contributed by atoms with Crippen LogP contribution in [0.2, 0.25) is 5.02 Å². The number of aryl methyl sites for hydroxylation is 1. The number of nitrogen functional groups attached to an aromatic ring is 1. The van der Waals surface area contributed by atoms with E-state index in [0.29, 0.717) is 21.5 Å². The standard InChI is InChI=1S/C12H12ClN3O2S/c1-7-4-8(13)2-3-9(7)18-6-11-15-5-10(19-11)12(17)16-14/h2-5H,6,14H2,1H3,(H,16,17). The molecule has 0 fully saturated rings. The number of hydrazine groups is 1. The molecule has 100 valence electrons. The minimum Gasteiger partial charge on any atom is -0.486 e. The number of ether oxygens (including phenoxy) is 1. The predicted octanol–water partition coefficient (Wildman–Crippen LogP) is 2.29. The average Bonchev–Trinajstić information content (AvgIpc) is 2.85. The molecule has 0 radical (unpaired) electrons. The van der Waals surface area contributed by atoms with Gasteiger partial charge >= 0.3 is 0 Å². The highest BCUT2D eigenvalue weighted by atomic mass is 35.5. The number of thiazole rings is 1. The summed E-state index contributed by atoms with van der Waals surface area (Å²) in [6, 6.07) is 5.39. The lowest BCUT2D eigenvalue weighted by molar-refractivity contribution is 0.0957. The van der Waals surface area contributed by atoms with Crippen LogP contribution in [-0.2, 0) is 6.61 Å². The summed E-state index contributed by atoms with van der Waals surface area (Å²) in [5.74, 6) is 5.43. The van der Waals surface area contributed by atoms with E-state index in [0.717, 1.165) is 11.3 Å². The first kappa shape index (κ1) is 13.8. The molecule has 1 amide bonds. The van der Waals surface area contributed by atoms with Crippen molar-refractivity contribution >= 4 is 28.8 Å². The van der Waals surface area contributed by atoms with E-state index in [1.807, 2.05) is 13.0 Å². The van der Waals surface area contributed by atoms with Crippen molar-refractivity contribution in [2.24, 2.45) is 5.84 Å². The lowest BCUT2D eigenvalue weighted by Gasteiger charge is -2.07. The summed E-state index contributed by atoms with van der Waals surface area (Å²) in [6.45, 7) is 2.21. The normalized spacial score (nSPS) is 10.3. The zero-order valence-electron chi connectivity index (χ0n) is 10.1. The number of aromatic nitrogens is 1. The predicted molar refractivity (Wildman–Crippen MR) is 74.3 cm³/mol. The van der Waals surface area contributed by atoms with E-state index in [1.54, 1.807) is 12.1 Å². The van der Waals surface area contributed by atoms with Gasteiger partial charge in [-0.2, -0.15) is 0 Å². The summed E-state index contributed by atoms with van der Waals surface area (Å²) in [5.41, 5.74) is 3.01. The van der Waals surface area contributed by atoms with Gasteiger partial charge < -0.3 is 4.74 Å². The van der Waals surface area contributed by atoms with Crippen LogP contribution in [0.4, 0.5) is 0 Å². The first-order chi connectivity index (χ1) is 9.10. The summed E-state index contributed by atoms with van der Waals surface area (Å²) in [6.07, 6.45) is 1.47. The Kier molecular flexibility index (Phi) is 4.36. The van der Waals surface area contributed by atoms with Gasteiger partial charge in [0.05, 0.1) is 6.20 Å². The number of benzene rings is 1. The number of carbonyl (C=O) groups is 1. The van der Waals surface area contributed by atoms with Crippen molar-refractivity contribution in [3.8, 4) is 5.75 Å². The number of nitrogens with two attached hydrogens (primary N) is 1. The van der Waals surface area contributed by atoms with Crippen molar-refractivity contribution in [2.45, 2.75) is 13.5 Å². The van der Waals surface area contributed by atoms with E-state index >= 15 is 0 Å². The van der Waals surface area contributed by atoms with Gasteiger partial charge in [0.1, 0.15) is 22.2 Å². The van der Waals surface area contributed by atoms with Crippen LogP contribution in [0.1, 0.15) is 20.2 Å². The van der Waals surface area contributed by atoms with Crippen LogP contribution in [0.25, 0.3) is 0 Å². The van der Waals surface area contributed by atoms with Crippen molar-refractivity contribution in [3.63, 3.8) is 0 Å². The molecule has 0 aliphatic heterocycles. The van der Waals surface area contributed by atoms with E-state index in [-0.39, 0.29) is 5.91 Å². The lowest BCUT2D eigenvalue weighted by Crippen LogP contribution is -2.29. The molecule has 0 aliphatic rings. The van der Waals surface area contributed by atoms with Gasteiger partial charge in [-0.3, -0.25) is 10.2 Å². The fraction of sp³-hybridized carbons (Fsp3) is 0.167. The highest BCUT2D eigenvalue weighted by Gasteiger charge is 2.09. The van der Waals surface area contributed by atoms with Gasteiger partial charge in [-0.05, 0) is 30.7 Å². The summed E-state index contributed by atoms with van der Waals surface area (Å²) in [7, 11) is 0. The first-order valence-electron chi connectivity index (χ1n) is 5.44. The molecular weight excluding hydrogens is 286 g/mol. The highest BCUT2D eigenvalue weighted by Crippen LogP contribution is 2.23. The van der Waals surface area contributed by atoms with E-state index in [1.165, 1.54) is 17.5 Å². The molecule has 0 saturated heterocycles. The molecule has 3 N–H and O–H groups in total. The van der Waals surface area contributed by atoms with Gasteiger partial charge in [0.25, 0.3) is 5.91 Å². The van der Waals surface area contributed by atoms with Gasteiger partial charge in [-0.15, -0.1) is 11.3 Å². The van der Waals surface area contributed by atoms with Gasteiger partial charge in [-0.25, -0.2) is 10.8 Å². The van der Waals surface area contributed by atoms with Crippen LogP contribution in [0.15, 0.2) is 24.4 Å². The fourth-order valence-corrected chi connectivity index (χ4v) is 2.43. The summed E-state index contributed by atoms with van der Waals surface area (Å²) >= 11 is 7.11. The zero-order chi connectivity index (χ0) is 13.8. The Balaban J connectivity index is 2.02. The van der Waals surface area contributed by atoms with Crippen LogP contribution < -0.4 is 16.0 Å². The Bertz CT molecular complexity index is 600. The Morgan fingerprint density at radius 2 is 2.37 bits per heavy atom. The third kappa shape index (κ3) is 3.44. The number of carbonyl (C=O) groups excluding carboxylic acids is 1. The molecule has 5 nitrogen and oxygen atoms in total. The maximum Gasteiger partial charge on any atom is 0.276 e. The van der Waals surface area contributed by atoms with E-state index in [2.05, 4.69) is 10.4 Å².